The van der Waals surface area contributed by atoms with Gasteiger partial charge in [0.05, 0.1) is 0 Å². The Bertz CT molecular complexity index is 200. The largest absolute Gasteiger partial charge is 0.359 e. The SMILES string of the molecule is CCC(CC)(CNC(=NC)NC)N(C)C.I. The molecule has 0 fully saturated rings. The molecule has 0 spiro atoms. The van der Waals surface area contributed by atoms with Gasteiger partial charge in [0.15, 0.2) is 5.96 Å². The van der Waals surface area contributed by atoms with E-state index < -0.39 is 0 Å². The summed E-state index contributed by atoms with van der Waals surface area (Å²) in [6.07, 6.45) is 2.26. The Balaban J connectivity index is 0. The van der Waals surface area contributed by atoms with Crippen molar-refractivity contribution in [3.8, 4) is 0 Å². The molecule has 0 radical (unpaired) electrons. The van der Waals surface area contributed by atoms with Gasteiger partial charge in [0, 0.05) is 26.2 Å². The molecule has 0 amide bonds. The first-order valence-electron chi connectivity index (χ1n) is 5.62. The van der Waals surface area contributed by atoms with E-state index in [1.54, 1.807) is 7.05 Å². The number of nitrogens with zero attached hydrogens (tertiary/aromatic N) is 2. The van der Waals surface area contributed by atoms with E-state index in [0.29, 0.717) is 0 Å². The van der Waals surface area contributed by atoms with Crippen LogP contribution in [-0.4, -0.2) is 51.1 Å². The van der Waals surface area contributed by atoms with E-state index in [2.05, 4.69) is 48.5 Å². The number of hydrogen-bond acceptors (Lipinski definition) is 2. The molecule has 0 unspecified atom stereocenters. The maximum absolute atomic E-state index is 4.11. The second kappa shape index (κ2) is 9.04. The van der Waals surface area contributed by atoms with Crippen LogP contribution in [0.5, 0.6) is 0 Å². The Hall–Kier alpha value is -0.0400. The van der Waals surface area contributed by atoms with Crippen molar-refractivity contribution < 1.29 is 0 Å². The topological polar surface area (TPSA) is 39.7 Å². The zero-order valence-corrected chi connectivity index (χ0v) is 13.8. The molecule has 98 valence electrons. The van der Waals surface area contributed by atoms with Crippen LogP contribution in [0, 0.1) is 0 Å². The van der Waals surface area contributed by atoms with Gasteiger partial charge in [-0.15, -0.1) is 24.0 Å². The minimum absolute atomic E-state index is 0. The number of halogens is 1. The monoisotopic (exact) mass is 342 g/mol. The van der Waals surface area contributed by atoms with Crippen molar-refractivity contribution >= 4 is 29.9 Å². The second-order valence-electron chi connectivity index (χ2n) is 4.00. The fourth-order valence-corrected chi connectivity index (χ4v) is 1.82. The molecule has 0 rings (SSSR count). The van der Waals surface area contributed by atoms with E-state index in [1.165, 1.54) is 0 Å². The van der Waals surface area contributed by atoms with Gasteiger partial charge < -0.3 is 15.5 Å². The van der Waals surface area contributed by atoms with Gasteiger partial charge >= 0.3 is 0 Å². The predicted molar refractivity (Wildman–Crippen MR) is 82.8 cm³/mol. The highest BCUT2D eigenvalue weighted by molar-refractivity contribution is 14.0. The normalized spacial score (nSPS) is 12.3. The van der Waals surface area contributed by atoms with Gasteiger partial charge in [-0.1, -0.05) is 13.8 Å². The highest BCUT2D eigenvalue weighted by Gasteiger charge is 2.28. The predicted octanol–water partition coefficient (Wildman–Crippen LogP) is 1.52. The van der Waals surface area contributed by atoms with Gasteiger partial charge in [-0.05, 0) is 26.9 Å². The lowest BCUT2D eigenvalue weighted by atomic mass is 9.91. The fourth-order valence-electron chi connectivity index (χ4n) is 1.82. The van der Waals surface area contributed by atoms with Crippen LogP contribution in [0.1, 0.15) is 26.7 Å². The van der Waals surface area contributed by atoms with Crippen LogP contribution in [0.4, 0.5) is 0 Å². The number of nitrogens with one attached hydrogen (secondary N) is 2. The highest BCUT2D eigenvalue weighted by atomic mass is 127. The third-order valence-electron chi connectivity index (χ3n) is 3.31. The van der Waals surface area contributed by atoms with Crippen molar-refractivity contribution in [3.63, 3.8) is 0 Å². The average molecular weight is 342 g/mol. The Morgan fingerprint density at radius 3 is 2.00 bits per heavy atom. The fraction of sp³-hybridized carbons (Fsp3) is 0.909. The first-order valence-corrected chi connectivity index (χ1v) is 5.62. The molecule has 0 saturated heterocycles. The van der Waals surface area contributed by atoms with Crippen LogP contribution < -0.4 is 10.6 Å². The quantitative estimate of drug-likeness (QED) is 0.452. The Morgan fingerprint density at radius 1 is 1.25 bits per heavy atom. The minimum Gasteiger partial charge on any atom is -0.359 e. The number of rotatable bonds is 5. The summed E-state index contributed by atoms with van der Waals surface area (Å²) in [7, 11) is 7.94. The van der Waals surface area contributed by atoms with Gasteiger partial charge in [-0.2, -0.15) is 0 Å². The van der Waals surface area contributed by atoms with Crippen LogP contribution in [0.25, 0.3) is 0 Å². The van der Waals surface area contributed by atoms with Gasteiger partial charge in [-0.3, -0.25) is 4.99 Å². The van der Waals surface area contributed by atoms with E-state index in [4.69, 9.17) is 0 Å². The molecule has 0 aromatic heterocycles. The standard InChI is InChI=1S/C11H26N4.HI/c1-7-11(8-2,15(5)6)9-14-10(12-3)13-4;/h7-9H2,1-6H3,(H2,12,13,14);1H. The van der Waals surface area contributed by atoms with Crippen LogP contribution in [0.15, 0.2) is 4.99 Å². The molecule has 0 aliphatic rings. The summed E-state index contributed by atoms with van der Waals surface area (Å²) < 4.78 is 0. The number of guanidine groups is 1. The molecule has 0 bridgehead atoms. The lowest BCUT2D eigenvalue weighted by Crippen LogP contribution is -2.53. The molecule has 0 aromatic carbocycles. The van der Waals surface area contributed by atoms with Gasteiger partial charge in [0.1, 0.15) is 0 Å². The van der Waals surface area contributed by atoms with Crippen molar-refractivity contribution in [3.05, 3.63) is 0 Å². The molecule has 4 nitrogen and oxygen atoms in total. The summed E-state index contributed by atoms with van der Waals surface area (Å²) in [6, 6.07) is 0. The zero-order chi connectivity index (χ0) is 11.9. The summed E-state index contributed by atoms with van der Waals surface area (Å²) in [5, 5.41) is 6.37. The van der Waals surface area contributed by atoms with Crippen molar-refractivity contribution in [1.29, 1.82) is 0 Å². The molecule has 5 heteroatoms. The van der Waals surface area contributed by atoms with E-state index in [-0.39, 0.29) is 29.5 Å². The van der Waals surface area contributed by atoms with Crippen LogP contribution >= 0.6 is 24.0 Å². The third kappa shape index (κ3) is 4.86. The summed E-state index contributed by atoms with van der Waals surface area (Å²) in [5.41, 5.74) is 0.215. The van der Waals surface area contributed by atoms with E-state index in [9.17, 15) is 0 Å². The van der Waals surface area contributed by atoms with Crippen molar-refractivity contribution in [2.24, 2.45) is 4.99 Å². The van der Waals surface area contributed by atoms with Crippen LogP contribution in [-0.2, 0) is 0 Å². The van der Waals surface area contributed by atoms with Gasteiger partial charge in [-0.25, -0.2) is 0 Å². The van der Waals surface area contributed by atoms with Crippen molar-refractivity contribution in [2.45, 2.75) is 32.2 Å². The molecule has 2 N–H and O–H groups in total. The molecular formula is C11H27IN4. The van der Waals surface area contributed by atoms with Gasteiger partial charge in [0.2, 0.25) is 0 Å². The second-order valence-corrected chi connectivity index (χ2v) is 4.00. The molecule has 16 heavy (non-hydrogen) atoms. The number of likely N-dealkylation sites (N-methyl/N-ethyl adjacent to an activating group) is 1. The zero-order valence-electron chi connectivity index (χ0n) is 11.4. The molecule has 0 saturated carbocycles. The average Bonchev–Trinajstić information content (AvgIpc) is 2.25. The molecular weight excluding hydrogens is 315 g/mol. The first-order chi connectivity index (χ1) is 7.06. The maximum Gasteiger partial charge on any atom is 0.190 e. The molecule has 0 aliphatic carbocycles. The van der Waals surface area contributed by atoms with Crippen molar-refractivity contribution in [2.75, 3.05) is 34.7 Å². The Labute approximate surface area is 117 Å². The third-order valence-corrected chi connectivity index (χ3v) is 3.31. The lowest BCUT2D eigenvalue weighted by Gasteiger charge is -2.39. The summed E-state index contributed by atoms with van der Waals surface area (Å²) in [4.78, 5) is 6.41. The first kappa shape index (κ1) is 18.3. The summed E-state index contributed by atoms with van der Waals surface area (Å²) in [5.74, 6) is 0.850. The van der Waals surface area contributed by atoms with E-state index >= 15 is 0 Å². The molecule has 0 aromatic rings. The van der Waals surface area contributed by atoms with Crippen molar-refractivity contribution in [1.82, 2.24) is 15.5 Å². The minimum atomic E-state index is 0. The summed E-state index contributed by atoms with van der Waals surface area (Å²) >= 11 is 0. The maximum atomic E-state index is 4.11. The molecule has 0 aliphatic heterocycles. The number of aliphatic imine (C=N–C) groups is 1. The summed E-state index contributed by atoms with van der Waals surface area (Å²) in [6.45, 7) is 5.38. The number of hydrogen-bond donors (Lipinski definition) is 2. The molecule has 0 heterocycles. The highest BCUT2D eigenvalue weighted by Crippen LogP contribution is 2.19. The van der Waals surface area contributed by atoms with E-state index in [0.717, 1.165) is 25.3 Å². The Morgan fingerprint density at radius 2 is 1.75 bits per heavy atom. The van der Waals surface area contributed by atoms with Gasteiger partial charge in [0.25, 0.3) is 0 Å². The lowest BCUT2D eigenvalue weighted by molar-refractivity contribution is 0.142. The van der Waals surface area contributed by atoms with Crippen LogP contribution in [0.3, 0.4) is 0 Å². The van der Waals surface area contributed by atoms with Crippen LogP contribution in [0.2, 0.25) is 0 Å². The van der Waals surface area contributed by atoms with E-state index in [1.807, 2.05) is 7.05 Å². The smallest absolute Gasteiger partial charge is 0.190 e. The molecule has 0 atom stereocenters. The Kier molecular flexibility index (Phi) is 10.4.